The molecule has 0 saturated carbocycles. The average molecular weight is 308 g/mol. The van der Waals surface area contributed by atoms with E-state index in [-0.39, 0.29) is 11.7 Å². The molecule has 0 N–H and O–H groups in total. The predicted molar refractivity (Wildman–Crippen MR) is 79.9 cm³/mol. The molecule has 0 aliphatic rings. The van der Waals surface area contributed by atoms with E-state index >= 15 is 0 Å². The van der Waals surface area contributed by atoms with Gasteiger partial charge in [0.1, 0.15) is 23.2 Å². The Labute approximate surface area is 124 Å². The molecular weight excluding hydrogens is 297 g/mol. The summed E-state index contributed by atoms with van der Waals surface area (Å²) in [5, 5.41) is 0.885. The molecule has 0 spiro atoms. The van der Waals surface area contributed by atoms with E-state index in [9.17, 15) is 4.39 Å². The number of nitrogens with zero attached hydrogens (tertiary/aromatic N) is 1. The Bertz CT molecular complexity index is 711. The van der Waals surface area contributed by atoms with E-state index < -0.39 is 0 Å². The molecule has 0 aliphatic heterocycles. The van der Waals surface area contributed by atoms with Crippen LogP contribution in [0.25, 0.3) is 10.2 Å². The monoisotopic (exact) mass is 307 g/mol. The average Bonchev–Trinajstić information content (AvgIpc) is 2.88. The van der Waals surface area contributed by atoms with Crippen molar-refractivity contribution in [3.63, 3.8) is 0 Å². The van der Waals surface area contributed by atoms with Gasteiger partial charge in [-0.1, -0.05) is 12.1 Å². The Morgan fingerprint density at radius 2 is 2.05 bits per heavy atom. The van der Waals surface area contributed by atoms with Gasteiger partial charge in [0.15, 0.2) is 0 Å². The van der Waals surface area contributed by atoms with Crippen molar-refractivity contribution in [1.29, 1.82) is 0 Å². The highest BCUT2D eigenvalue weighted by Crippen LogP contribution is 2.25. The van der Waals surface area contributed by atoms with Crippen molar-refractivity contribution >= 4 is 33.2 Å². The summed E-state index contributed by atoms with van der Waals surface area (Å²) in [5.74, 6) is 0.501. The first-order valence-corrected chi connectivity index (χ1v) is 7.43. The molecule has 0 unspecified atom stereocenters. The molecule has 5 heteroatoms. The van der Waals surface area contributed by atoms with E-state index in [0.717, 1.165) is 15.2 Å². The number of ether oxygens (including phenoxy) is 1. The van der Waals surface area contributed by atoms with Crippen LogP contribution in [0.1, 0.15) is 10.6 Å². The molecule has 20 heavy (non-hydrogen) atoms. The zero-order valence-electron chi connectivity index (χ0n) is 10.5. The summed E-state index contributed by atoms with van der Waals surface area (Å²) >= 11 is 7.38. The number of benzene rings is 2. The van der Waals surface area contributed by atoms with Crippen LogP contribution < -0.4 is 4.74 Å². The number of alkyl halides is 1. The lowest BCUT2D eigenvalue weighted by Crippen LogP contribution is -1.97. The zero-order valence-corrected chi connectivity index (χ0v) is 12.0. The molecule has 1 heterocycles. The van der Waals surface area contributed by atoms with Crippen molar-refractivity contribution in [2.45, 2.75) is 12.5 Å². The van der Waals surface area contributed by atoms with Crippen LogP contribution in [-0.4, -0.2) is 4.98 Å². The molecule has 1 aromatic heterocycles. The third-order valence-corrected chi connectivity index (χ3v) is 4.15. The van der Waals surface area contributed by atoms with Gasteiger partial charge in [0.2, 0.25) is 0 Å². The first-order chi connectivity index (χ1) is 9.76. The number of halogens is 2. The maximum Gasteiger partial charge on any atom is 0.140 e. The van der Waals surface area contributed by atoms with E-state index in [0.29, 0.717) is 17.9 Å². The summed E-state index contributed by atoms with van der Waals surface area (Å²) in [5.41, 5.74) is 1.61. The largest absolute Gasteiger partial charge is 0.486 e. The van der Waals surface area contributed by atoms with Crippen molar-refractivity contribution in [3.05, 3.63) is 58.9 Å². The fourth-order valence-electron chi connectivity index (χ4n) is 1.91. The number of fused-ring (bicyclic) bond motifs is 1. The lowest BCUT2D eigenvalue weighted by atomic mass is 10.2. The second kappa shape index (κ2) is 5.77. The Kier molecular flexibility index (Phi) is 3.85. The van der Waals surface area contributed by atoms with E-state index in [1.54, 1.807) is 17.4 Å². The molecule has 3 aromatic rings. The lowest BCUT2D eigenvalue weighted by Gasteiger charge is -2.08. The first kappa shape index (κ1) is 13.3. The molecule has 0 bridgehead atoms. The molecule has 0 fully saturated rings. The van der Waals surface area contributed by atoms with Crippen LogP contribution in [0.5, 0.6) is 5.75 Å². The van der Waals surface area contributed by atoms with Crippen LogP contribution in [-0.2, 0) is 12.5 Å². The maximum atomic E-state index is 13.1. The highest BCUT2D eigenvalue weighted by atomic mass is 35.5. The summed E-state index contributed by atoms with van der Waals surface area (Å²) in [6, 6.07) is 12.3. The normalized spacial score (nSPS) is 10.9. The van der Waals surface area contributed by atoms with Crippen LogP contribution in [0, 0.1) is 5.82 Å². The van der Waals surface area contributed by atoms with Crippen molar-refractivity contribution in [2.75, 3.05) is 0 Å². The quantitative estimate of drug-likeness (QED) is 0.649. The molecule has 0 atom stereocenters. The molecule has 2 nitrogen and oxygen atoms in total. The van der Waals surface area contributed by atoms with Crippen molar-refractivity contribution in [2.24, 2.45) is 0 Å². The van der Waals surface area contributed by atoms with Gasteiger partial charge in [-0.05, 0) is 30.3 Å². The van der Waals surface area contributed by atoms with E-state index in [1.165, 1.54) is 12.1 Å². The molecule has 0 saturated heterocycles. The van der Waals surface area contributed by atoms with Crippen molar-refractivity contribution in [3.8, 4) is 5.75 Å². The topological polar surface area (TPSA) is 22.1 Å². The summed E-state index contributed by atoms with van der Waals surface area (Å²) in [4.78, 5) is 4.49. The van der Waals surface area contributed by atoms with Gasteiger partial charge >= 0.3 is 0 Å². The van der Waals surface area contributed by atoms with Gasteiger partial charge in [-0.25, -0.2) is 9.37 Å². The highest BCUT2D eigenvalue weighted by molar-refractivity contribution is 7.18. The predicted octanol–water partition coefficient (Wildman–Crippen LogP) is 4.75. The smallest absolute Gasteiger partial charge is 0.140 e. The van der Waals surface area contributed by atoms with Crippen LogP contribution in [0.3, 0.4) is 0 Å². The first-order valence-electron chi connectivity index (χ1n) is 6.08. The van der Waals surface area contributed by atoms with Gasteiger partial charge in [-0.15, -0.1) is 22.9 Å². The zero-order chi connectivity index (χ0) is 13.9. The molecular formula is C15H11ClFNOS. The summed E-state index contributed by atoms with van der Waals surface area (Å²) < 4.78 is 19.9. The van der Waals surface area contributed by atoms with Crippen LogP contribution in [0.2, 0.25) is 0 Å². The fraction of sp³-hybridized carbons (Fsp3) is 0.133. The summed E-state index contributed by atoms with van der Waals surface area (Å²) in [7, 11) is 0. The lowest BCUT2D eigenvalue weighted by molar-refractivity contribution is 0.303. The Morgan fingerprint density at radius 3 is 2.85 bits per heavy atom. The minimum absolute atomic E-state index is 0.215. The van der Waals surface area contributed by atoms with Gasteiger partial charge < -0.3 is 4.74 Å². The molecule has 0 amide bonds. The highest BCUT2D eigenvalue weighted by Gasteiger charge is 2.07. The third-order valence-electron chi connectivity index (χ3n) is 2.86. The minimum atomic E-state index is -0.312. The number of aromatic nitrogens is 1. The number of hydrogen-bond donors (Lipinski definition) is 0. The molecule has 3 rings (SSSR count). The number of rotatable bonds is 4. The van der Waals surface area contributed by atoms with Gasteiger partial charge in [-0.2, -0.15) is 0 Å². The Hall–Kier alpha value is -1.65. The second-order valence-corrected chi connectivity index (χ2v) is 5.63. The second-order valence-electron chi connectivity index (χ2n) is 4.25. The molecule has 2 aromatic carbocycles. The third kappa shape index (κ3) is 2.76. The SMILES string of the molecule is Fc1ccc(OCc2nc3ccccc3s2)c(CCl)c1. The summed E-state index contributed by atoms with van der Waals surface area (Å²) in [6.45, 7) is 0.356. The molecule has 0 aliphatic carbocycles. The van der Waals surface area contributed by atoms with Crippen LogP contribution in [0.4, 0.5) is 4.39 Å². The van der Waals surface area contributed by atoms with E-state index in [4.69, 9.17) is 16.3 Å². The van der Waals surface area contributed by atoms with Gasteiger partial charge in [0, 0.05) is 5.56 Å². The van der Waals surface area contributed by atoms with Gasteiger partial charge in [0.05, 0.1) is 16.1 Å². The van der Waals surface area contributed by atoms with Crippen LogP contribution >= 0.6 is 22.9 Å². The Morgan fingerprint density at radius 1 is 1.20 bits per heavy atom. The van der Waals surface area contributed by atoms with Gasteiger partial charge in [-0.3, -0.25) is 0 Å². The standard InChI is InChI=1S/C15H11ClFNOS/c16-8-10-7-11(17)5-6-13(10)19-9-15-18-12-3-1-2-4-14(12)20-15/h1-7H,8-9H2. The van der Waals surface area contributed by atoms with Crippen molar-refractivity contribution in [1.82, 2.24) is 4.98 Å². The molecule has 0 radical (unpaired) electrons. The minimum Gasteiger partial charge on any atom is -0.486 e. The molecule has 102 valence electrons. The van der Waals surface area contributed by atoms with E-state index in [1.807, 2.05) is 24.3 Å². The van der Waals surface area contributed by atoms with Crippen LogP contribution in [0.15, 0.2) is 42.5 Å². The summed E-state index contributed by atoms with van der Waals surface area (Å²) in [6.07, 6.45) is 0. The number of hydrogen-bond acceptors (Lipinski definition) is 3. The van der Waals surface area contributed by atoms with Crippen molar-refractivity contribution < 1.29 is 9.13 Å². The van der Waals surface area contributed by atoms with E-state index in [2.05, 4.69) is 4.98 Å². The Balaban J connectivity index is 1.79. The van der Waals surface area contributed by atoms with Gasteiger partial charge in [0.25, 0.3) is 0 Å². The fourth-order valence-corrected chi connectivity index (χ4v) is 3.00. The maximum absolute atomic E-state index is 13.1. The number of thiazole rings is 1. The number of para-hydroxylation sites is 1.